The van der Waals surface area contributed by atoms with E-state index in [1.807, 2.05) is 30.5 Å². The summed E-state index contributed by atoms with van der Waals surface area (Å²) in [6.07, 6.45) is 2.04. The molecule has 1 saturated carbocycles. The molecule has 4 aromatic rings. The van der Waals surface area contributed by atoms with Crippen LogP contribution in [0.25, 0.3) is 11.4 Å². The van der Waals surface area contributed by atoms with Crippen LogP contribution < -0.4 is 0 Å². The van der Waals surface area contributed by atoms with Gasteiger partial charge in [0.15, 0.2) is 16.8 Å². The van der Waals surface area contributed by atoms with Gasteiger partial charge in [-0.2, -0.15) is 0 Å². The fourth-order valence-corrected chi connectivity index (χ4v) is 5.54. The highest BCUT2D eigenvalue weighted by Crippen LogP contribution is 2.41. The van der Waals surface area contributed by atoms with Gasteiger partial charge in [0.2, 0.25) is 0 Å². The number of halogens is 1. The summed E-state index contributed by atoms with van der Waals surface area (Å²) in [6, 6.07) is 13.0. The maximum Gasteiger partial charge on any atom is 0.192 e. The summed E-state index contributed by atoms with van der Waals surface area (Å²) in [7, 11) is 0. The lowest BCUT2D eigenvalue weighted by atomic mass is 10.2. The number of thiophene rings is 1. The quantitative estimate of drug-likeness (QED) is 0.239. The van der Waals surface area contributed by atoms with Gasteiger partial charge < -0.3 is 4.57 Å². The van der Waals surface area contributed by atoms with Gasteiger partial charge in [-0.05, 0) is 56.3 Å². The molecule has 0 atom stereocenters. The minimum atomic E-state index is -0.312. The van der Waals surface area contributed by atoms with Crippen LogP contribution in [0.3, 0.4) is 0 Å². The molecule has 0 spiro atoms. The third-order valence-corrected chi connectivity index (χ3v) is 7.60. The molecule has 0 amide bonds. The van der Waals surface area contributed by atoms with E-state index in [0.29, 0.717) is 16.5 Å². The van der Waals surface area contributed by atoms with Crippen molar-refractivity contribution >= 4 is 28.9 Å². The topological polar surface area (TPSA) is 52.7 Å². The number of Topliss-reactive ketones (excluding diaryl/α,β-unsaturated/α-hetero) is 1. The van der Waals surface area contributed by atoms with Crippen molar-refractivity contribution in [3.05, 3.63) is 75.5 Å². The van der Waals surface area contributed by atoms with Gasteiger partial charge in [0, 0.05) is 27.9 Å². The van der Waals surface area contributed by atoms with Crippen molar-refractivity contribution in [2.75, 3.05) is 5.75 Å². The lowest BCUT2D eigenvalue weighted by molar-refractivity contribution is 0.102. The van der Waals surface area contributed by atoms with Crippen LogP contribution in [0.2, 0.25) is 0 Å². The average molecular weight is 467 g/mol. The number of ketones is 1. The fourth-order valence-electron chi connectivity index (χ4n) is 3.96. The molecule has 0 aliphatic heterocycles. The van der Waals surface area contributed by atoms with E-state index in [1.165, 1.54) is 22.7 Å². The van der Waals surface area contributed by atoms with Crippen LogP contribution in [0.4, 0.5) is 4.39 Å². The van der Waals surface area contributed by atoms with Crippen molar-refractivity contribution in [3.8, 4) is 11.4 Å². The minimum Gasteiger partial charge on any atom is -0.343 e. The first-order chi connectivity index (χ1) is 15.5. The Morgan fingerprint density at radius 2 is 2.00 bits per heavy atom. The van der Waals surface area contributed by atoms with Crippen molar-refractivity contribution in [2.24, 2.45) is 0 Å². The van der Waals surface area contributed by atoms with Crippen molar-refractivity contribution in [3.63, 3.8) is 0 Å². The summed E-state index contributed by atoms with van der Waals surface area (Å²) >= 11 is 3.10. The molecule has 32 heavy (non-hydrogen) atoms. The summed E-state index contributed by atoms with van der Waals surface area (Å²) in [5.74, 6) is 0.561. The highest BCUT2D eigenvalue weighted by atomic mass is 32.2. The van der Waals surface area contributed by atoms with E-state index in [1.54, 1.807) is 29.5 Å². The molecular formula is C24H23FN4OS2. The summed E-state index contributed by atoms with van der Waals surface area (Å²) in [6.45, 7) is 4.81. The molecule has 1 aliphatic rings. The Morgan fingerprint density at radius 1 is 1.19 bits per heavy atom. The number of rotatable bonds is 8. The van der Waals surface area contributed by atoms with Gasteiger partial charge in [-0.3, -0.25) is 9.36 Å². The first-order valence-corrected chi connectivity index (χ1v) is 12.4. The highest BCUT2D eigenvalue weighted by Gasteiger charge is 2.31. The summed E-state index contributed by atoms with van der Waals surface area (Å²) < 4.78 is 18.5. The predicted octanol–water partition coefficient (Wildman–Crippen LogP) is 5.92. The molecule has 3 aromatic heterocycles. The van der Waals surface area contributed by atoms with E-state index >= 15 is 0 Å². The van der Waals surface area contributed by atoms with Crippen molar-refractivity contribution in [2.45, 2.75) is 44.4 Å². The molecule has 0 unspecified atom stereocenters. The predicted molar refractivity (Wildman–Crippen MR) is 126 cm³/mol. The number of nitrogens with zero attached hydrogens (tertiary/aromatic N) is 4. The van der Waals surface area contributed by atoms with Crippen LogP contribution in [-0.2, 0) is 6.54 Å². The third kappa shape index (κ3) is 4.04. The maximum absolute atomic E-state index is 14.4. The molecule has 0 N–H and O–H groups in total. The van der Waals surface area contributed by atoms with Gasteiger partial charge in [0.05, 0.1) is 17.9 Å². The lowest BCUT2D eigenvalue weighted by Gasteiger charge is -2.10. The Bertz CT molecular complexity index is 1270. The molecule has 3 heterocycles. The SMILES string of the molecule is Cc1cc(C(=O)CSc2nnc(-c3ccccc3F)n2C2CC2)c(C)n1Cc1cccs1. The number of hydrogen-bond acceptors (Lipinski definition) is 5. The van der Waals surface area contributed by atoms with Crippen molar-refractivity contribution < 1.29 is 9.18 Å². The Kier molecular flexibility index (Phi) is 5.73. The number of aryl methyl sites for hydroxylation is 1. The van der Waals surface area contributed by atoms with Crippen LogP contribution >= 0.6 is 23.1 Å². The normalized spacial score (nSPS) is 13.6. The fraction of sp³-hybridized carbons (Fsp3) is 0.292. The zero-order valence-corrected chi connectivity index (χ0v) is 19.5. The van der Waals surface area contributed by atoms with Gasteiger partial charge in [-0.25, -0.2) is 4.39 Å². The van der Waals surface area contributed by atoms with Crippen LogP contribution in [0.15, 0.2) is 53.0 Å². The molecule has 1 aliphatic carbocycles. The molecule has 1 aromatic carbocycles. The first kappa shape index (κ1) is 21.2. The molecule has 164 valence electrons. The molecule has 5 rings (SSSR count). The van der Waals surface area contributed by atoms with Crippen molar-refractivity contribution in [1.82, 2.24) is 19.3 Å². The number of hydrogen-bond donors (Lipinski definition) is 0. The maximum atomic E-state index is 14.4. The molecule has 0 radical (unpaired) electrons. The zero-order valence-electron chi connectivity index (χ0n) is 17.9. The second kappa shape index (κ2) is 8.67. The smallest absolute Gasteiger partial charge is 0.192 e. The summed E-state index contributed by atoms with van der Waals surface area (Å²) in [4.78, 5) is 14.3. The number of carbonyl (C=O) groups is 1. The second-order valence-corrected chi connectivity index (χ2v) is 10.0. The van der Waals surface area contributed by atoms with E-state index in [2.05, 4.69) is 26.2 Å². The van der Waals surface area contributed by atoms with E-state index in [9.17, 15) is 9.18 Å². The Morgan fingerprint density at radius 3 is 2.72 bits per heavy atom. The standard InChI is InChI=1S/C24H23FN4OS2/c1-15-12-20(16(2)28(15)13-18-6-5-11-31-18)22(30)14-32-24-27-26-23(29(24)17-9-10-17)19-7-3-4-8-21(19)25/h3-8,11-12,17H,9-10,13-14H2,1-2H3. The highest BCUT2D eigenvalue weighted by molar-refractivity contribution is 7.99. The molecule has 1 fully saturated rings. The van der Waals surface area contributed by atoms with E-state index in [-0.39, 0.29) is 23.4 Å². The van der Waals surface area contributed by atoms with Crippen LogP contribution in [0.1, 0.15) is 45.5 Å². The number of benzene rings is 1. The average Bonchev–Trinajstić information content (AvgIpc) is 3.20. The van der Waals surface area contributed by atoms with Gasteiger partial charge >= 0.3 is 0 Å². The van der Waals surface area contributed by atoms with Crippen molar-refractivity contribution in [1.29, 1.82) is 0 Å². The lowest BCUT2D eigenvalue weighted by Crippen LogP contribution is -2.08. The monoisotopic (exact) mass is 466 g/mol. The summed E-state index contributed by atoms with van der Waals surface area (Å²) in [5.41, 5.74) is 3.25. The third-order valence-electron chi connectivity index (χ3n) is 5.79. The largest absolute Gasteiger partial charge is 0.343 e. The first-order valence-electron chi connectivity index (χ1n) is 10.6. The molecular weight excluding hydrogens is 443 g/mol. The Balaban J connectivity index is 1.36. The Hall–Kier alpha value is -2.71. The molecule has 0 saturated heterocycles. The summed E-state index contributed by atoms with van der Waals surface area (Å²) in [5, 5.41) is 11.3. The molecule has 0 bridgehead atoms. The number of thioether (sulfide) groups is 1. The van der Waals surface area contributed by atoms with E-state index in [0.717, 1.165) is 36.3 Å². The van der Waals surface area contributed by atoms with Crippen LogP contribution in [0.5, 0.6) is 0 Å². The van der Waals surface area contributed by atoms with Gasteiger partial charge in [0.1, 0.15) is 5.82 Å². The van der Waals surface area contributed by atoms with Gasteiger partial charge in [-0.15, -0.1) is 21.5 Å². The Labute approximate surface area is 194 Å². The van der Waals surface area contributed by atoms with Crippen LogP contribution in [0, 0.1) is 19.7 Å². The minimum absolute atomic E-state index is 0.0679. The molecule has 8 heteroatoms. The second-order valence-electron chi connectivity index (χ2n) is 8.05. The molecule has 5 nitrogen and oxygen atoms in total. The van der Waals surface area contributed by atoms with E-state index < -0.39 is 0 Å². The van der Waals surface area contributed by atoms with E-state index in [4.69, 9.17) is 0 Å². The van der Waals surface area contributed by atoms with Crippen LogP contribution in [-0.4, -0.2) is 30.9 Å². The number of aromatic nitrogens is 4. The number of carbonyl (C=O) groups excluding carboxylic acids is 1. The van der Waals surface area contributed by atoms with Gasteiger partial charge in [-0.1, -0.05) is 30.0 Å². The zero-order chi connectivity index (χ0) is 22.2. The van der Waals surface area contributed by atoms with Gasteiger partial charge in [0.25, 0.3) is 0 Å².